The highest BCUT2D eigenvalue weighted by molar-refractivity contribution is 14.0. The zero-order chi connectivity index (χ0) is 17.0. The molecular weight excluding hydrogens is 429 g/mol. The molecule has 0 saturated carbocycles. The predicted molar refractivity (Wildman–Crippen MR) is 115 cm³/mol. The Bertz CT molecular complexity index is 464. The van der Waals surface area contributed by atoms with E-state index in [0.29, 0.717) is 0 Å². The molecule has 1 aliphatic rings. The zero-order valence-corrected chi connectivity index (χ0v) is 18.0. The van der Waals surface area contributed by atoms with Gasteiger partial charge in [-0.25, -0.2) is 0 Å². The van der Waals surface area contributed by atoms with Crippen LogP contribution in [0.2, 0.25) is 0 Å². The van der Waals surface area contributed by atoms with Crippen LogP contribution in [0.25, 0.3) is 0 Å². The summed E-state index contributed by atoms with van der Waals surface area (Å²) >= 11 is 0. The number of hydrogen-bond acceptors (Lipinski definition) is 4. The fourth-order valence-electron chi connectivity index (χ4n) is 2.85. The summed E-state index contributed by atoms with van der Waals surface area (Å²) in [7, 11) is 2.21. The van der Waals surface area contributed by atoms with Crippen molar-refractivity contribution in [2.24, 2.45) is 4.99 Å². The first-order valence-electron chi connectivity index (χ1n) is 9.18. The van der Waals surface area contributed by atoms with Crippen molar-refractivity contribution in [1.82, 2.24) is 30.2 Å². The van der Waals surface area contributed by atoms with Crippen molar-refractivity contribution < 1.29 is 0 Å². The molecule has 0 bridgehead atoms. The Morgan fingerprint density at radius 2 is 2.04 bits per heavy atom. The average molecular weight is 463 g/mol. The summed E-state index contributed by atoms with van der Waals surface area (Å²) < 4.78 is 1.95. The minimum Gasteiger partial charge on any atom is -0.357 e. The first-order valence-corrected chi connectivity index (χ1v) is 9.18. The van der Waals surface area contributed by atoms with Crippen LogP contribution in [0.5, 0.6) is 0 Å². The molecule has 25 heavy (non-hydrogen) atoms. The fraction of sp³-hybridized carbons (Fsp3) is 0.765. The monoisotopic (exact) mass is 463 g/mol. The number of aromatic nitrogens is 2. The largest absolute Gasteiger partial charge is 0.357 e. The maximum Gasteiger partial charge on any atom is 0.191 e. The molecule has 2 heterocycles. The molecule has 0 unspecified atom stereocenters. The summed E-state index contributed by atoms with van der Waals surface area (Å²) in [5.41, 5.74) is 0. The summed E-state index contributed by atoms with van der Waals surface area (Å²) in [4.78, 5) is 9.61. The van der Waals surface area contributed by atoms with Crippen molar-refractivity contribution in [3.8, 4) is 0 Å². The van der Waals surface area contributed by atoms with Gasteiger partial charge in [0.1, 0.15) is 0 Å². The van der Waals surface area contributed by atoms with Gasteiger partial charge in [-0.15, -0.1) is 24.0 Å². The van der Waals surface area contributed by atoms with E-state index < -0.39 is 0 Å². The van der Waals surface area contributed by atoms with Crippen LogP contribution in [-0.2, 0) is 6.54 Å². The molecule has 0 radical (unpaired) electrons. The molecule has 144 valence electrons. The van der Waals surface area contributed by atoms with Crippen LogP contribution in [-0.4, -0.2) is 84.9 Å². The molecule has 1 fully saturated rings. The van der Waals surface area contributed by atoms with E-state index in [-0.39, 0.29) is 24.0 Å². The molecule has 7 nitrogen and oxygen atoms in total. The van der Waals surface area contributed by atoms with E-state index in [2.05, 4.69) is 44.5 Å². The fourth-order valence-corrected chi connectivity index (χ4v) is 2.85. The highest BCUT2D eigenvalue weighted by Gasteiger charge is 2.11. The molecule has 8 heteroatoms. The lowest BCUT2D eigenvalue weighted by molar-refractivity contribution is 0.280. The first-order chi connectivity index (χ1) is 11.8. The molecule has 0 aliphatic carbocycles. The smallest absolute Gasteiger partial charge is 0.191 e. The van der Waals surface area contributed by atoms with Gasteiger partial charge in [0.05, 0.1) is 0 Å². The van der Waals surface area contributed by atoms with E-state index >= 15 is 0 Å². The van der Waals surface area contributed by atoms with Gasteiger partial charge in [-0.05, 0) is 46.0 Å². The lowest BCUT2D eigenvalue weighted by Gasteiger charge is -2.21. The number of nitrogens with zero attached hydrogens (tertiary/aromatic N) is 5. The van der Waals surface area contributed by atoms with E-state index in [1.165, 1.54) is 26.1 Å². The molecule has 0 amide bonds. The molecular formula is C17H34IN7. The number of aryl methyl sites for hydroxylation is 1. The first kappa shape index (κ1) is 22.2. The van der Waals surface area contributed by atoms with Crippen molar-refractivity contribution in [2.45, 2.75) is 26.3 Å². The van der Waals surface area contributed by atoms with Gasteiger partial charge in [-0.1, -0.05) is 0 Å². The van der Waals surface area contributed by atoms with Crippen LogP contribution >= 0.6 is 24.0 Å². The van der Waals surface area contributed by atoms with Crippen LogP contribution in [0.15, 0.2) is 23.5 Å². The number of hydrogen-bond donors (Lipinski definition) is 2. The van der Waals surface area contributed by atoms with Crippen LogP contribution in [0.4, 0.5) is 0 Å². The molecule has 2 rings (SSSR count). The second-order valence-electron chi connectivity index (χ2n) is 6.31. The number of rotatable bonds is 8. The van der Waals surface area contributed by atoms with Crippen molar-refractivity contribution >= 4 is 29.9 Å². The Morgan fingerprint density at radius 3 is 2.80 bits per heavy atom. The number of halogens is 1. The highest BCUT2D eigenvalue weighted by Crippen LogP contribution is 1.99. The van der Waals surface area contributed by atoms with Gasteiger partial charge < -0.3 is 20.4 Å². The van der Waals surface area contributed by atoms with E-state index in [1.54, 1.807) is 0 Å². The average Bonchev–Trinajstić information content (AvgIpc) is 3.01. The van der Waals surface area contributed by atoms with E-state index in [4.69, 9.17) is 0 Å². The number of aliphatic imine (C=N–C) groups is 1. The number of nitrogens with one attached hydrogen (secondary N) is 2. The second kappa shape index (κ2) is 13.3. The van der Waals surface area contributed by atoms with E-state index in [0.717, 1.165) is 51.6 Å². The molecule has 2 N–H and O–H groups in total. The molecule has 1 aromatic rings. The van der Waals surface area contributed by atoms with Crippen molar-refractivity contribution in [1.29, 1.82) is 0 Å². The van der Waals surface area contributed by atoms with Crippen LogP contribution < -0.4 is 10.6 Å². The quantitative estimate of drug-likeness (QED) is 0.262. The normalized spacial score (nSPS) is 17.0. The van der Waals surface area contributed by atoms with Gasteiger partial charge in [-0.3, -0.25) is 9.67 Å². The number of guanidine groups is 1. The third-order valence-electron chi connectivity index (χ3n) is 4.25. The lowest BCUT2D eigenvalue weighted by Crippen LogP contribution is -2.42. The Morgan fingerprint density at radius 1 is 1.16 bits per heavy atom. The van der Waals surface area contributed by atoms with Gasteiger partial charge in [0.2, 0.25) is 0 Å². The van der Waals surface area contributed by atoms with Crippen molar-refractivity contribution in [3.63, 3.8) is 0 Å². The summed E-state index contributed by atoms with van der Waals surface area (Å²) in [5.74, 6) is 0.921. The van der Waals surface area contributed by atoms with Crippen LogP contribution in [0.1, 0.15) is 19.8 Å². The summed E-state index contributed by atoms with van der Waals surface area (Å²) in [6.45, 7) is 11.5. The molecule has 0 spiro atoms. The van der Waals surface area contributed by atoms with Gasteiger partial charge >= 0.3 is 0 Å². The molecule has 0 aromatic carbocycles. The lowest BCUT2D eigenvalue weighted by atomic mass is 10.4. The van der Waals surface area contributed by atoms with E-state index in [1.807, 2.05) is 23.1 Å². The predicted octanol–water partition coefficient (Wildman–Crippen LogP) is 1.08. The standard InChI is InChI=1S/C17H33N7.HI/c1-3-18-17(19-7-4-12-24-13-5-8-21-24)20-9-14-23-11-6-10-22(2)15-16-23;/h5,8,13H,3-4,6-7,9-12,14-16H2,1-2H3,(H2,18,19,20);1H. The minimum absolute atomic E-state index is 0. The molecule has 1 saturated heterocycles. The SMILES string of the molecule is CCNC(=NCCCn1cccn1)NCCN1CCCN(C)CC1.I. The maximum absolute atomic E-state index is 4.65. The van der Waals surface area contributed by atoms with Crippen molar-refractivity contribution in [3.05, 3.63) is 18.5 Å². The molecule has 1 aromatic heterocycles. The zero-order valence-electron chi connectivity index (χ0n) is 15.7. The van der Waals surface area contributed by atoms with Crippen LogP contribution in [0, 0.1) is 0 Å². The Labute approximate surface area is 169 Å². The van der Waals surface area contributed by atoms with Gasteiger partial charge in [0, 0.05) is 58.2 Å². The van der Waals surface area contributed by atoms with Gasteiger partial charge in [0.15, 0.2) is 5.96 Å². The maximum atomic E-state index is 4.65. The Balaban J connectivity index is 0.00000312. The molecule has 0 atom stereocenters. The topological polar surface area (TPSA) is 60.7 Å². The third kappa shape index (κ3) is 9.41. The second-order valence-corrected chi connectivity index (χ2v) is 6.31. The Kier molecular flexibility index (Phi) is 11.8. The van der Waals surface area contributed by atoms with Gasteiger partial charge in [-0.2, -0.15) is 5.10 Å². The van der Waals surface area contributed by atoms with E-state index in [9.17, 15) is 0 Å². The Hall–Kier alpha value is -0.870. The molecule has 1 aliphatic heterocycles. The minimum atomic E-state index is 0. The van der Waals surface area contributed by atoms with Gasteiger partial charge in [0.25, 0.3) is 0 Å². The third-order valence-corrected chi connectivity index (χ3v) is 4.25. The highest BCUT2D eigenvalue weighted by atomic mass is 127. The summed E-state index contributed by atoms with van der Waals surface area (Å²) in [6.07, 6.45) is 6.07. The summed E-state index contributed by atoms with van der Waals surface area (Å²) in [5, 5.41) is 11.0. The summed E-state index contributed by atoms with van der Waals surface area (Å²) in [6, 6.07) is 1.95. The number of likely N-dealkylation sites (N-methyl/N-ethyl adjacent to an activating group) is 1. The van der Waals surface area contributed by atoms with Crippen molar-refractivity contribution in [2.75, 3.05) is 59.4 Å². The van der Waals surface area contributed by atoms with Crippen LogP contribution in [0.3, 0.4) is 0 Å².